The van der Waals surface area contributed by atoms with Gasteiger partial charge in [-0.25, -0.2) is 0 Å². The van der Waals surface area contributed by atoms with Crippen molar-refractivity contribution in [2.45, 2.75) is 19.5 Å². The summed E-state index contributed by atoms with van der Waals surface area (Å²) in [5.74, 6) is 2.39. The number of nitrogens with zero attached hydrogens (tertiary/aromatic N) is 2. The molecule has 6 nitrogen and oxygen atoms in total. The minimum absolute atomic E-state index is 0. The van der Waals surface area contributed by atoms with E-state index in [4.69, 9.17) is 21.1 Å². The standard InChI is InChI=1S/C22H29ClN4O2.HI/c1-24-22(26-14-16-4-6-19(23)7-5-16)25-9-11-27-10-8-17-12-20(28-2)21(29-3)13-18(17)15-27;/h4-7,12-13H,8-11,14-15H2,1-3H3,(H2,24,25,26);1H. The molecular weight excluding hydrogens is 515 g/mol. The molecule has 1 aliphatic heterocycles. The quantitative estimate of drug-likeness (QED) is 0.316. The van der Waals surface area contributed by atoms with Crippen LogP contribution in [0.4, 0.5) is 0 Å². The van der Waals surface area contributed by atoms with Gasteiger partial charge in [0.2, 0.25) is 0 Å². The smallest absolute Gasteiger partial charge is 0.191 e. The van der Waals surface area contributed by atoms with Crippen LogP contribution in [0.3, 0.4) is 0 Å². The van der Waals surface area contributed by atoms with Crippen molar-refractivity contribution in [2.24, 2.45) is 4.99 Å². The maximum absolute atomic E-state index is 5.93. The molecule has 2 aromatic rings. The van der Waals surface area contributed by atoms with Crippen LogP contribution in [0.25, 0.3) is 0 Å². The SMILES string of the molecule is CN=C(NCCN1CCc2cc(OC)c(OC)cc2C1)NCc1ccc(Cl)cc1.I. The first-order chi connectivity index (χ1) is 14.1. The molecular formula is C22H30ClIN4O2. The summed E-state index contributed by atoms with van der Waals surface area (Å²) in [6, 6.07) is 12.0. The highest BCUT2D eigenvalue weighted by Crippen LogP contribution is 2.33. The van der Waals surface area contributed by atoms with E-state index in [0.29, 0.717) is 6.54 Å². The number of hydrogen-bond acceptors (Lipinski definition) is 4. The molecule has 0 saturated carbocycles. The highest BCUT2D eigenvalue weighted by Gasteiger charge is 2.19. The number of aliphatic imine (C=N–C) groups is 1. The van der Waals surface area contributed by atoms with Crippen LogP contribution in [0.1, 0.15) is 16.7 Å². The monoisotopic (exact) mass is 544 g/mol. The molecule has 0 bridgehead atoms. The lowest BCUT2D eigenvalue weighted by Crippen LogP contribution is -2.42. The molecule has 1 heterocycles. The van der Waals surface area contributed by atoms with Gasteiger partial charge in [0, 0.05) is 44.8 Å². The lowest BCUT2D eigenvalue weighted by molar-refractivity contribution is 0.256. The fraction of sp³-hybridized carbons (Fsp3) is 0.409. The molecule has 0 fully saturated rings. The fourth-order valence-electron chi connectivity index (χ4n) is 3.47. The molecule has 0 aromatic heterocycles. The largest absolute Gasteiger partial charge is 0.493 e. The molecule has 0 amide bonds. The number of rotatable bonds is 7. The van der Waals surface area contributed by atoms with Gasteiger partial charge in [0.15, 0.2) is 17.5 Å². The second-order valence-electron chi connectivity index (χ2n) is 6.98. The Kier molecular flexibility index (Phi) is 10.0. The molecule has 30 heavy (non-hydrogen) atoms. The Morgan fingerprint density at radius 3 is 2.37 bits per heavy atom. The fourth-order valence-corrected chi connectivity index (χ4v) is 3.60. The van der Waals surface area contributed by atoms with Gasteiger partial charge >= 0.3 is 0 Å². The first-order valence-electron chi connectivity index (χ1n) is 9.78. The van der Waals surface area contributed by atoms with Gasteiger partial charge in [-0.2, -0.15) is 0 Å². The summed E-state index contributed by atoms with van der Waals surface area (Å²) < 4.78 is 10.9. The summed E-state index contributed by atoms with van der Waals surface area (Å²) in [5, 5.41) is 7.47. The van der Waals surface area contributed by atoms with E-state index in [0.717, 1.165) is 60.6 Å². The Morgan fingerprint density at radius 1 is 1.07 bits per heavy atom. The predicted octanol–water partition coefficient (Wildman–Crippen LogP) is 3.70. The van der Waals surface area contributed by atoms with E-state index in [1.54, 1.807) is 21.3 Å². The number of fused-ring (bicyclic) bond motifs is 1. The molecule has 0 unspecified atom stereocenters. The van der Waals surface area contributed by atoms with E-state index in [-0.39, 0.29) is 24.0 Å². The molecule has 2 aromatic carbocycles. The number of ether oxygens (including phenoxy) is 2. The zero-order valence-corrected chi connectivity index (χ0v) is 20.8. The van der Waals surface area contributed by atoms with Crippen molar-refractivity contribution in [3.8, 4) is 11.5 Å². The van der Waals surface area contributed by atoms with E-state index in [1.807, 2.05) is 24.3 Å². The third-order valence-electron chi connectivity index (χ3n) is 5.11. The molecule has 8 heteroatoms. The third-order valence-corrected chi connectivity index (χ3v) is 5.37. The molecule has 3 rings (SSSR count). The Labute approximate surface area is 201 Å². The second kappa shape index (κ2) is 12.2. The number of halogens is 2. The number of nitrogens with one attached hydrogen (secondary N) is 2. The van der Waals surface area contributed by atoms with Crippen LogP contribution in [-0.4, -0.2) is 51.8 Å². The first-order valence-corrected chi connectivity index (χ1v) is 10.2. The summed E-state index contributed by atoms with van der Waals surface area (Å²) in [7, 11) is 5.14. The van der Waals surface area contributed by atoms with Crippen LogP contribution < -0.4 is 20.1 Å². The first kappa shape index (κ1) is 24.6. The van der Waals surface area contributed by atoms with Crippen LogP contribution >= 0.6 is 35.6 Å². The van der Waals surface area contributed by atoms with Gasteiger partial charge in [0.25, 0.3) is 0 Å². The highest BCUT2D eigenvalue weighted by atomic mass is 127. The van der Waals surface area contributed by atoms with Gasteiger partial charge in [-0.1, -0.05) is 23.7 Å². The predicted molar refractivity (Wildman–Crippen MR) is 134 cm³/mol. The van der Waals surface area contributed by atoms with Crippen molar-refractivity contribution in [3.05, 3.63) is 58.1 Å². The second-order valence-corrected chi connectivity index (χ2v) is 7.42. The van der Waals surface area contributed by atoms with Crippen LogP contribution in [0.5, 0.6) is 11.5 Å². The van der Waals surface area contributed by atoms with E-state index >= 15 is 0 Å². The lowest BCUT2D eigenvalue weighted by atomic mass is 9.99. The summed E-state index contributed by atoms with van der Waals surface area (Å²) in [6.07, 6.45) is 1.01. The molecule has 0 spiro atoms. The third kappa shape index (κ3) is 6.65. The number of guanidine groups is 1. The maximum Gasteiger partial charge on any atom is 0.191 e. The van der Waals surface area contributed by atoms with E-state index in [9.17, 15) is 0 Å². The van der Waals surface area contributed by atoms with E-state index in [2.05, 4.69) is 32.7 Å². The summed E-state index contributed by atoms with van der Waals surface area (Å²) in [5.41, 5.74) is 3.81. The topological polar surface area (TPSA) is 58.1 Å². The Morgan fingerprint density at radius 2 is 1.73 bits per heavy atom. The van der Waals surface area contributed by atoms with Crippen molar-refractivity contribution < 1.29 is 9.47 Å². The molecule has 0 aliphatic carbocycles. The zero-order valence-electron chi connectivity index (χ0n) is 17.7. The van der Waals surface area contributed by atoms with Gasteiger partial charge in [0.05, 0.1) is 14.2 Å². The van der Waals surface area contributed by atoms with Crippen LogP contribution in [0, 0.1) is 0 Å². The Balaban J connectivity index is 0.00000320. The minimum Gasteiger partial charge on any atom is -0.493 e. The maximum atomic E-state index is 5.93. The highest BCUT2D eigenvalue weighted by molar-refractivity contribution is 14.0. The van der Waals surface area contributed by atoms with Crippen molar-refractivity contribution in [3.63, 3.8) is 0 Å². The molecule has 164 valence electrons. The van der Waals surface area contributed by atoms with Gasteiger partial charge < -0.3 is 20.1 Å². The summed E-state index contributed by atoms with van der Waals surface area (Å²) >= 11 is 5.93. The van der Waals surface area contributed by atoms with Gasteiger partial charge in [0.1, 0.15) is 0 Å². The van der Waals surface area contributed by atoms with Crippen LogP contribution in [0.2, 0.25) is 5.02 Å². The Hall–Kier alpha value is -1.71. The van der Waals surface area contributed by atoms with Crippen molar-refractivity contribution in [1.82, 2.24) is 15.5 Å². The molecule has 2 N–H and O–H groups in total. The van der Waals surface area contributed by atoms with Crippen LogP contribution in [-0.2, 0) is 19.5 Å². The lowest BCUT2D eigenvalue weighted by Gasteiger charge is -2.29. The van der Waals surface area contributed by atoms with Crippen LogP contribution in [0.15, 0.2) is 41.4 Å². The van der Waals surface area contributed by atoms with Gasteiger partial charge in [-0.3, -0.25) is 9.89 Å². The average molecular weight is 545 g/mol. The zero-order chi connectivity index (χ0) is 20.6. The number of hydrogen-bond donors (Lipinski definition) is 2. The van der Waals surface area contributed by atoms with E-state index < -0.39 is 0 Å². The average Bonchev–Trinajstić information content (AvgIpc) is 2.76. The van der Waals surface area contributed by atoms with Gasteiger partial charge in [-0.05, 0) is 47.4 Å². The normalized spacial score (nSPS) is 13.8. The Bertz CT molecular complexity index is 846. The molecule has 0 atom stereocenters. The minimum atomic E-state index is 0. The van der Waals surface area contributed by atoms with Crippen molar-refractivity contribution in [2.75, 3.05) is 40.9 Å². The van der Waals surface area contributed by atoms with Crippen molar-refractivity contribution in [1.29, 1.82) is 0 Å². The molecule has 0 saturated heterocycles. The summed E-state index contributed by atoms with van der Waals surface area (Å²) in [6.45, 7) is 4.41. The number of methoxy groups -OCH3 is 2. The van der Waals surface area contributed by atoms with Gasteiger partial charge in [-0.15, -0.1) is 24.0 Å². The van der Waals surface area contributed by atoms with Crippen molar-refractivity contribution >= 4 is 41.5 Å². The summed E-state index contributed by atoms with van der Waals surface area (Å²) in [4.78, 5) is 6.74. The molecule has 1 aliphatic rings. The molecule has 0 radical (unpaired) electrons. The number of benzene rings is 2. The van der Waals surface area contributed by atoms with E-state index in [1.165, 1.54) is 11.1 Å².